The van der Waals surface area contributed by atoms with Gasteiger partial charge in [-0.25, -0.2) is 0 Å². The Morgan fingerprint density at radius 3 is 1.55 bits per heavy atom. The number of hydrogen-bond acceptors (Lipinski definition) is 2. The lowest BCUT2D eigenvalue weighted by Crippen LogP contribution is -2.53. The molecule has 0 heterocycles. The third-order valence-electron chi connectivity index (χ3n) is 1.56. The lowest BCUT2D eigenvalue weighted by molar-refractivity contribution is -0.154. The highest BCUT2D eigenvalue weighted by atomic mass is 19.4. The summed E-state index contributed by atoms with van der Waals surface area (Å²) in [6.07, 6.45) is -4.39. The topological polar surface area (TPSA) is 52.0 Å². The molecule has 0 aliphatic carbocycles. The lowest BCUT2D eigenvalue weighted by atomic mass is 9.98. The van der Waals surface area contributed by atoms with Crippen LogP contribution in [0.2, 0.25) is 0 Å². The first-order valence-corrected chi connectivity index (χ1v) is 3.34. The van der Waals surface area contributed by atoms with Crippen LogP contribution in [0, 0.1) is 5.92 Å². The second-order valence-corrected chi connectivity index (χ2v) is 2.89. The largest absolute Gasteiger partial charge is 0.405 e. The van der Waals surface area contributed by atoms with E-state index in [0.717, 1.165) is 0 Å². The summed E-state index contributed by atoms with van der Waals surface area (Å²) in [5, 5.41) is 0. The van der Waals surface area contributed by atoms with Crippen molar-refractivity contribution in [1.82, 2.24) is 0 Å². The number of halogens is 3. The van der Waals surface area contributed by atoms with E-state index < -0.39 is 18.3 Å². The first-order valence-electron chi connectivity index (χ1n) is 3.34. The fourth-order valence-corrected chi connectivity index (χ4v) is 0.633. The number of hydrogen-bond donors (Lipinski definition) is 2. The molecule has 0 aromatic heterocycles. The zero-order valence-electron chi connectivity index (χ0n) is 6.52. The van der Waals surface area contributed by atoms with Gasteiger partial charge in [-0.2, -0.15) is 13.2 Å². The van der Waals surface area contributed by atoms with Gasteiger partial charge in [-0.3, -0.25) is 0 Å². The molecule has 11 heavy (non-hydrogen) atoms. The molecular formula is C6H13F3N2. The van der Waals surface area contributed by atoms with Crippen molar-refractivity contribution in [3.63, 3.8) is 0 Å². The predicted octanol–water partition coefficient (Wildman–Crippen LogP) is 0.859. The number of rotatable bonds is 2. The van der Waals surface area contributed by atoms with Crippen LogP contribution in [0.25, 0.3) is 0 Å². The van der Waals surface area contributed by atoms with Gasteiger partial charge in [0.2, 0.25) is 0 Å². The molecule has 0 saturated heterocycles. The molecule has 0 saturated carbocycles. The Bertz CT molecular complexity index is 121. The van der Waals surface area contributed by atoms with Crippen molar-refractivity contribution in [2.45, 2.75) is 32.1 Å². The summed E-state index contributed by atoms with van der Waals surface area (Å²) < 4.78 is 35.6. The van der Waals surface area contributed by atoms with Crippen molar-refractivity contribution in [2.75, 3.05) is 0 Å². The van der Waals surface area contributed by atoms with Crippen LogP contribution in [0.3, 0.4) is 0 Å². The summed E-state index contributed by atoms with van der Waals surface area (Å²) in [6, 6.07) is -2.93. The number of alkyl halides is 3. The van der Waals surface area contributed by atoms with E-state index in [1.54, 1.807) is 13.8 Å². The van der Waals surface area contributed by atoms with E-state index in [1.165, 1.54) is 0 Å². The van der Waals surface area contributed by atoms with E-state index in [4.69, 9.17) is 11.5 Å². The van der Waals surface area contributed by atoms with Crippen LogP contribution >= 0.6 is 0 Å². The maximum atomic E-state index is 11.9. The molecule has 0 radical (unpaired) electrons. The van der Waals surface area contributed by atoms with Gasteiger partial charge in [-0.05, 0) is 5.92 Å². The molecule has 4 N–H and O–H groups in total. The van der Waals surface area contributed by atoms with Crippen molar-refractivity contribution in [2.24, 2.45) is 17.4 Å². The minimum Gasteiger partial charge on any atom is -0.326 e. The quantitative estimate of drug-likeness (QED) is 0.645. The highest BCUT2D eigenvalue weighted by Crippen LogP contribution is 2.22. The Kier molecular flexibility index (Phi) is 3.31. The van der Waals surface area contributed by atoms with Gasteiger partial charge in [0.15, 0.2) is 0 Å². The Balaban J connectivity index is 4.13. The minimum atomic E-state index is -4.39. The van der Waals surface area contributed by atoms with Crippen molar-refractivity contribution in [1.29, 1.82) is 0 Å². The van der Waals surface area contributed by atoms with Crippen molar-refractivity contribution in [3.8, 4) is 0 Å². The fraction of sp³-hybridized carbons (Fsp3) is 1.00. The molecule has 0 amide bonds. The first-order chi connectivity index (χ1) is 4.76. The highest BCUT2D eigenvalue weighted by molar-refractivity contribution is 4.84. The molecule has 0 aromatic carbocycles. The van der Waals surface area contributed by atoms with Crippen LogP contribution in [-0.4, -0.2) is 18.3 Å². The van der Waals surface area contributed by atoms with Gasteiger partial charge in [-0.15, -0.1) is 0 Å². The van der Waals surface area contributed by atoms with Crippen molar-refractivity contribution >= 4 is 0 Å². The summed E-state index contributed by atoms with van der Waals surface area (Å²) in [6.45, 7) is 3.21. The predicted molar refractivity (Wildman–Crippen MR) is 36.8 cm³/mol. The van der Waals surface area contributed by atoms with E-state index in [0.29, 0.717) is 0 Å². The highest BCUT2D eigenvalue weighted by Gasteiger charge is 2.41. The summed E-state index contributed by atoms with van der Waals surface area (Å²) in [5.41, 5.74) is 10.0. The average Bonchev–Trinajstić information content (AvgIpc) is 1.82. The van der Waals surface area contributed by atoms with E-state index in [1.807, 2.05) is 0 Å². The maximum absolute atomic E-state index is 11.9. The Morgan fingerprint density at radius 1 is 1.09 bits per heavy atom. The van der Waals surface area contributed by atoms with Gasteiger partial charge >= 0.3 is 6.18 Å². The SMILES string of the molecule is CC(C)[C@@H](N)[C@H](N)C(F)(F)F. The fourth-order valence-electron chi connectivity index (χ4n) is 0.633. The third-order valence-corrected chi connectivity index (χ3v) is 1.56. The number of nitrogens with two attached hydrogens (primary N) is 2. The van der Waals surface area contributed by atoms with Gasteiger partial charge in [0.05, 0.1) is 0 Å². The van der Waals surface area contributed by atoms with Crippen LogP contribution in [0.5, 0.6) is 0 Å². The molecule has 2 nitrogen and oxygen atoms in total. The van der Waals surface area contributed by atoms with Crippen LogP contribution < -0.4 is 11.5 Å². The molecule has 0 spiro atoms. The van der Waals surface area contributed by atoms with E-state index in [2.05, 4.69) is 0 Å². The molecule has 0 rings (SSSR count). The van der Waals surface area contributed by atoms with Crippen LogP contribution in [0.1, 0.15) is 13.8 Å². The Labute approximate surface area is 63.7 Å². The zero-order valence-corrected chi connectivity index (χ0v) is 6.52. The van der Waals surface area contributed by atoms with Gasteiger partial charge in [-0.1, -0.05) is 13.8 Å². The minimum absolute atomic E-state index is 0.258. The molecule has 0 aliphatic heterocycles. The van der Waals surface area contributed by atoms with E-state index >= 15 is 0 Å². The van der Waals surface area contributed by atoms with Crippen LogP contribution in [0.4, 0.5) is 13.2 Å². The maximum Gasteiger partial charge on any atom is 0.405 e. The van der Waals surface area contributed by atoms with Crippen molar-refractivity contribution in [3.05, 3.63) is 0 Å². The molecular weight excluding hydrogens is 157 g/mol. The average molecular weight is 170 g/mol. The van der Waals surface area contributed by atoms with Crippen LogP contribution in [-0.2, 0) is 0 Å². The normalized spacial score (nSPS) is 18.5. The van der Waals surface area contributed by atoms with Gasteiger partial charge < -0.3 is 11.5 Å². The summed E-state index contributed by atoms with van der Waals surface area (Å²) in [5.74, 6) is -0.258. The molecule has 0 bridgehead atoms. The Hall–Kier alpha value is -0.290. The molecule has 0 fully saturated rings. The molecule has 2 atom stereocenters. The smallest absolute Gasteiger partial charge is 0.326 e. The Morgan fingerprint density at radius 2 is 1.45 bits per heavy atom. The summed E-state index contributed by atoms with van der Waals surface area (Å²) in [4.78, 5) is 0. The first kappa shape index (κ1) is 10.7. The monoisotopic (exact) mass is 170 g/mol. The second kappa shape index (κ2) is 3.40. The summed E-state index contributed by atoms with van der Waals surface area (Å²) in [7, 11) is 0. The van der Waals surface area contributed by atoms with Crippen LogP contribution in [0.15, 0.2) is 0 Å². The molecule has 5 heteroatoms. The van der Waals surface area contributed by atoms with Crippen molar-refractivity contribution < 1.29 is 13.2 Å². The van der Waals surface area contributed by atoms with E-state index in [9.17, 15) is 13.2 Å². The lowest BCUT2D eigenvalue weighted by Gasteiger charge is -2.24. The van der Waals surface area contributed by atoms with Gasteiger partial charge in [0.1, 0.15) is 6.04 Å². The molecule has 0 unspecified atom stereocenters. The molecule has 0 aromatic rings. The standard InChI is InChI=1S/C6H13F3N2/c1-3(2)4(10)5(11)6(7,8)9/h3-5H,10-11H2,1-2H3/t4-,5+/m1/s1. The third kappa shape index (κ3) is 3.07. The van der Waals surface area contributed by atoms with Gasteiger partial charge in [0.25, 0.3) is 0 Å². The molecule has 68 valence electrons. The van der Waals surface area contributed by atoms with Gasteiger partial charge in [0, 0.05) is 6.04 Å². The second-order valence-electron chi connectivity index (χ2n) is 2.89. The summed E-state index contributed by atoms with van der Waals surface area (Å²) >= 11 is 0. The van der Waals surface area contributed by atoms with E-state index in [-0.39, 0.29) is 5.92 Å². The molecule has 0 aliphatic rings. The zero-order chi connectivity index (χ0) is 9.23.